The van der Waals surface area contributed by atoms with Crippen LogP contribution in [0.15, 0.2) is 53.5 Å². The van der Waals surface area contributed by atoms with Crippen LogP contribution in [0.25, 0.3) is 0 Å². The fourth-order valence-corrected chi connectivity index (χ4v) is 3.61. The number of anilines is 1. The van der Waals surface area contributed by atoms with Gasteiger partial charge in [-0.05, 0) is 41.7 Å². The van der Waals surface area contributed by atoms with Gasteiger partial charge in [0.25, 0.3) is 0 Å². The zero-order valence-electron chi connectivity index (χ0n) is 12.9. The van der Waals surface area contributed by atoms with Crippen LogP contribution in [0.1, 0.15) is 29.2 Å². The van der Waals surface area contributed by atoms with E-state index >= 15 is 0 Å². The predicted octanol–water partition coefficient (Wildman–Crippen LogP) is 3.09. The number of carbonyl (C=O) groups is 1. The van der Waals surface area contributed by atoms with E-state index in [1.807, 2.05) is 18.2 Å². The van der Waals surface area contributed by atoms with E-state index in [0.29, 0.717) is 0 Å². The number of urea groups is 1. The molecule has 0 saturated carbocycles. The van der Waals surface area contributed by atoms with Crippen molar-refractivity contribution in [2.24, 2.45) is 10.9 Å². The minimum atomic E-state index is -0.335. The number of amides is 2. The Hall–Kier alpha value is -2.70. The first-order valence-corrected chi connectivity index (χ1v) is 7.88. The first kappa shape index (κ1) is 14.9. The average molecular weight is 323 g/mol. The maximum atomic E-state index is 12.1. The van der Waals surface area contributed by atoms with Crippen molar-refractivity contribution in [1.82, 2.24) is 5.32 Å². The maximum absolute atomic E-state index is 12.1. The van der Waals surface area contributed by atoms with Gasteiger partial charge in [-0.15, -0.1) is 5.23 Å². The van der Waals surface area contributed by atoms with Crippen molar-refractivity contribution >= 4 is 17.4 Å². The Morgan fingerprint density at radius 1 is 1.08 bits per heavy atom. The summed E-state index contributed by atoms with van der Waals surface area (Å²) in [5.41, 5.74) is 4.32. The molecule has 0 bridgehead atoms. The molecule has 2 aromatic carbocycles. The predicted molar refractivity (Wildman–Crippen MR) is 88.6 cm³/mol. The van der Waals surface area contributed by atoms with Gasteiger partial charge in [-0.25, -0.2) is 4.79 Å². The van der Waals surface area contributed by atoms with E-state index in [2.05, 4.69) is 16.4 Å². The van der Waals surface area contributed by atoms with Gasteiger partial charge in [0, 0.05) is 5.92 Å². The summed E-state index contributed by atoms with van der Waals surface area (Å²) in [5.74, 6) is 0.114. The molecule has 2 amide bonds. The van der Waals surface area contributed by atoms with Crippen LogP contribution in [0.3, 0.4) is 0 Å². The molecule has 0 spiro atoms. The molecule has 1 aliphatic carbocycles. The van der Waals surface area contributed by atoms with Gasteiger partial charge in [0.2, 0.25) is 0 Å². The van der Waals surface area contributed by atoms with Crippen molar-refractivity contribution in [3.63, 3.8) is 0 Å². The molecule has 1 aliphatic heterocycles. The molecule has 6 nitrogen and oxygen atoms in total. The average Bonchev–Trinajstić information content (AvgIpc) is 2.61. The van der Waals surface area contributed by atoms with Gasteiger partial charge in [0.15, 0.2) is 0 Å². The lowest BCUT2D eigenvalue weighted by Gasteiger charge is -2.36. The van der Waals surface area contributed by atoms with Gasteiger partial charge in [-0.3, -0.25) is 10.4 Å². The minimum absolute atomic E-state index is 0.0764. The quantitative estimate of drug-likeness (QED) is 0.741. The molecule has 0 fully saturated rings. The Labute approximate surface area is 139 Å². The first-order chi connectivity index (χ1) is 11.6. The number of nitrogens with zero attached hydrogens (tertiary/aromatic N) is 2. The van der Waals surface area contributed by atoms with Gasteiger partial charge in [-0.1, -0.05) is 36.4 Å². The third kappa shape index (κ3) is 2.46. The van der Waals surface area contributed by atoms with E-state index in [9.17, 15) is 4.79 Å². The molecule has 24 heavy (non-hydrogen) atoms. The highest BCUT2D eigenvalue weighted by atomic mass is 16.8. The molecule has 0 radical (unpaired) electrons. The summed E-state index contributed by atoms with van der Waals surface area (Å²) in [5, 5.41) is 21.2. The Morgan fingerprint density at radius 3 is 2.58 bits per heavy atom. The summed E-state index contributed by atoms with van der Waals surface area (Å²) in [7, 11) is 0. The molecule has 2 aromatic rings. The zero-order valence-corrected chi connectivity index (χ0v) is 12.9. The molecule has 0 saturated heterocycles. The van der Waals surface area contributed by atoms with Crippen LogP contribution in [-0.4, -0.2) is 22.2 Å². The van der Waals surface area contributed by atoms with Crippen molar-refractivity contribution in [3.05, 3.63) is 65.2 Å². The smallest absolute Gasteiger partial charge is 0.329 e. The number of fused-ring (bicyclic) bond motifs is 3. The fourth-order valence-electron chi connectivity index (χ4n) is 3.61. The van der Waals surface area contributed by atoms with Crippen molar-refractivity contribution in [3.8, 4) is 0 Å². The Kier molecular flexibility index (Phi) is 3.55. The summed E-state index contributed by atoms with van der Waals surface area (Å²) in [6.45, 7) is 0. The molecule has 2 aliphatic rings. The molecule has 6 heteroatoms. The Balaban J connectivity index is 1.72. The Morgan fingerprint density at radius 2 is 1.83 bits per heavy atom. The van der Waals surface area contributed by atoms with Gasteiger partial charge in [-0.2, -0.15) is 4.99 Å². The van der Waals surface area contributed by atoms with Crippen molar-refractivity contribution in [2.45, 2.75) is 18.9 Å². The van der Waals surface area contributed by atoms with Gasteiger partial charge in [0.1, 0.15) is 0 Å². The van der Waals surface area contributed by atoms with E-state index in [4.69, 9.17) is 10.4 Å². The SMILES string of the molecule is O=C1N=C2c3ccccc3CCC2C(c2ccc(N(O)O)cc2)N1. The highest BCUT2D eigenvalue weighted by molar-refractivity contribution is 6.11. The number of carbonyl (C=O) groups excluding carboxylic acids is 1. The van der Waals surface area contributed by atoms with Crippen molar-refractivity contribution in [2.75, 3.05) is 5.23 Å². The molecular weight excluding hydrogens is 306 g/mol. The van der Waals surface area contributed by atoms with Crippen LogP contribution in [0.4, 0.5) is 10.5 Å². The lowest BCUT2D eigenvalue weighted by molar-refractivity contribution is 0.0291. The number of benzene rings is 2. The lowest BCUT2D eigenvalue weighted by Crippen LogP contribution is -2.43. The van der Waals surface area contributed by atoms with Gasteiger partial charge >= 0.3 is 6.03 Å². The summed E-state index contributed by atoms with van der Waals surface area (Å²) in [6, 6.07) is 14.4. The van der Waals surface area contributed by atoms with Crippen LogP contribution in [-0.2, 0) is 6.42 Å². The number of hydrogen-bond donors (Lipinski definition) is 3. The fraction of sp³-hybridized carbons (Fsp3) is 0.222. The minimum Gasteiger partial charge on any atom is -0.329 e. The number of rotatable bonds is 2. The monoisotopic (exact) mass is 323 g/mol. The highest BCUT2D eigenvalue weighted by Crippen LogP contribution is 2.37. The third-order valence-corrected chi connectivity index (χ3v) is 4.76. The molecule has 2 unspecified atom stereocenters. The lowest BCUT2D eigenvalue weighted by atomic mass is 9.75. The van der Waals surface area contributed by atoms with Crippen LogP contribution < -0.4 is 10.5 Å². The van der Waals surface area contributed by atoms with Crippen molar-refractivity contribution in [1.29, 1.82) is 0 Å². The first-order valence-electron chi connectivity index (χ1n) is 7.88. The zero-order chi connectivity index (χ0) is 16.7. The van der Waals surface area contributed by atoms with Gasteiger partial charge < -0.3 is 5.32 Å². The molecule has 0 aromatic heterocycles. The number of aliphatic imine (C=N–C) groups is 1. The second-order valence-corrected chi connectivity index (χ2v) is 6.11. The highest BCUT2D eigenvalue weighted by Gasteiger charge is 2.37. The largest absolute Gasteiger partial charge is 0.341 e. The van der Waals surface area contributed by atoms with E-state index in [1.165, 1.54) is 5.56 Å². The number of hydrogen-bond acceptors (Lipinski definition) is 4. The van der Waals surface area contributed by atoms with E-state index in [0.717, 1.165) is 29.7 Å². The number of nitrogens with one attached hydrogen (secondary N) is 1. The molecule has 2 atom stereocenters. The van der Waals surface area contributed by atoms with Crippen molar-refractivity contribution < 1.29 is 15.2 Å². The van der Waals surface area contributed by atoms with Crippen LogP contribution in [0, 0.1) is 5.92 Å². The topological polar surface area (TPSA) is 85.2 Å². The normalized spacial score (nSPS) is 22.1. The van der Waals surface area contributed by atoms with Gasteiger partial charge in [0.05, 0.1) is 17.4 Å². The molecule has 122 valence electrons. The second-order valence-electron chi connectivity index (χ2n) is 6.11. The van der Waals surface area contributed by atoms with Crippen LogP contribution in [0.5, 0.6) is 0 Å². The van der Waals surface area contributed by atoms with E-state index < -0.39 is 0 Å². The second kappa shape index (κ2) is 5.74. The van der Waals surface area contributed by atoms with Crippen LogP contribution in [0.2, 0.25) is 0 Å². The summed E-state index contributed by atoms with van der Waals surface area (Å²) >= 11 is 0. The molecule has 1 heterocycles. The maximum Gasteiger partial charge on any atom is 0.341 e. The molecular formula is C18H17N3O3. The Bertz CT molecular complexity index is 815. The van der Waals surface area contributed by atoms with E-state index in [1.54, 1.807) is 24.3 Å². The number of aryl methyl sites for hydroxylation is 1. The third-order valence-electron chi connectivity index (χ3n) is 4.76. The molecule has 4 rings (SSSR count). The molecule has 3 N–H and O–H groups in total. The van der Waals surface area contributed by atoms with Crippen LogP contribution >= 0.6 is 0 Å². The standard InChI is InChI=1S/C18H17N3O3/c22-18-19-16(12-5-8-13(9-6-12)21(23)24)15-10-7-11-3-1-2-4-14(11)17(15)20-18/h1-6,8-9,15-16,23-24H,7,10H2,(H,19,22). The summed E-state index contributed by atoms with van der Waals surface area (Å²) < 4.78 is 0. The summed E-state index contributed by atoms with van der Waals surface area (Å²) in [4.78, 5) is 16.3. The summed E-state index contributed by atoms with van der Waals surface area (Å²) in [6.07, 6.45) is 1.86. The van der Waals surface area contributed by atoms with E-state index in [-0.39, 0.29) is 28.9 Å².